The van der Waals surface area contributed by atoms with Crippen LogP contribution in [0.4, 0.5) is 0 Å². The maximum atomic E-state index is 9.68. The van der Waals surface area contributed by atoms with Gasteiger partial charge < -0.3 is 14.3 Å². The zero-order valence-corrected chi connectivity index (χ0v) is 11.2. The molecule has 1 aromatic heterocycles. The number of aryl methyl sites for hydroxylation is 1. The molecule has 0 aliphatic rings. The second kappa shape index (κ2) is 6.33. The number of rotatable bonds is 6. The number of aliphatic hydroxyl groups is 1. The Labute approximate surface area is 112 Å². The van der Waals surface area contributed by atoms with E-state index in [4.69, 9.17) is 9.15 Å². The number of hydrogen-bond acceptors (Lipinski definition) is 5. The van der Waals surface area contributed by atoms with Gasteiger partial charge in [0.25, 0.3) is 5.89 Å². The fraction of sp³-hybridized carbons (Fsp3) is 0.429. The van der Waals surface area contributed by atoms with Gasteiger partial charge in [-0.2, -0.15) is 0 Å². The average Bonchev–Trinajstić information content (AvgIpc) is 2.93. The lowest BCUT2D eigenvalue weighted by Gasteiger charge is -2.09. The molecule has 0 saturated heterocycles. The molecule has 1 atom stereocenters. The molecule has 0 amide bonds. The first-order valence-electron chi connectivity index (χ1n) is 6.45. The van der Waals surface area contributed by atoms with E-state index in [2.05, 4.69) is 10.2 Å². The van der Waals surface area contributed by atoms with Gasteiger partial charge in [-0.1, -0.05) is 26.0 Å². The molecule has 1 heterocycles. The van der Waals surface area contributed by atoms with Gasteiger partial charge in [0.15, 0.2) is 6.61 Å². The van der Waals surface area contributed by atoms with Gasteiger partial charge in [0.05, 0.1) is 6.10 Å². The van der Waals surface area contributed by atoms with Crippen LogP contribution in [0.25, 0.3) is 0 Å². The monoisotopic (exact) mass is 262 g/mol. The predicted octanol–water partition coefficient (Wildman–Crippen LogP) is 2.65. The molecule has 0 unspecified atom stereocenters. The van der Waals surface area contributed by atoms with E-state index in [1.807, 2.05) is 38.1 Å². The Morgan fingerprint density at radius 2 is 1.84 bits per heavy atom. The number of nitrogens with zero attached hydrogens (tertiary/aromatic N) is 2. The van der Waals surface area contributed by atoms with Gasteiger partial charge in [0.1, 0.15) is 5.75 Å². The summed E-state index contributed by atoms with van der Waals surface area (Å²) < 4.78 is 10.9. The first kappa shape index (κ1) is 13.5. The lowest BCUT2D eigenvalue weighted by molar-refractivity contribution is 0.173. The standard InChI is InChI=1S/C14H18N2O3/c1-3-12(17)10-5-7-11(8-6-10)18-9-14-16-15-13(4-2)19-14/h5-8,12,17H,3-4,9H2,1-2H3/t12-/m0/s1. The molecule has 2 aromatic rings. The largest absolute Gasteiger partial charge is 0.484 e. The SMILES string of the molecule is CCc1nnc(COc2ccc([C@@H](O)CC)cc2)o1. The Balaban J connectivity index is 1.92. The molecule has 1 aromatic carbocycles. The van der Waals surface area contributed by atoms with Crippen LogP contribution < -0.4 is 4.74 Å². The van der Waals surface area contributed by atoms with Gasteiger partial charge in [0, 0.05) is 6.42 Å². The van der Waals surface area contributed by atoms with Crippen molar-refractivity contribution in [2.45, 2.75) is 39.4 Å². The van der Waals surface area contributed by atoms with Gasteiger partial charge in [-0.15, -0.1) is 10.2 Å². The first-order chi connectivity index (χ1) is 9.22. The van der Waals surface area contributed by atoms with Gasteiger partial charge in [-0.3, -0.25) is 0 Å². The second-order valence-electron chi connectivity index (χ2n) is 4.22. The molecule has 0 saturated carbocycles. The van der Waals surface area contributed by atoms with Crippen LogP contribution in [0.2, 0.25) is 0 Å². The number of aromatic nitrogens is 2. The van der Waals surface area contributed by atoms with Crippen LogP contribution in [0.3, 0.4) is 0 Å². The van der Waals surface area contributed by atoms with Crippen molar-refractivity contribution in [3.05, 3.63) is 41.6 Å². The molecular weight excluding hydrogens is 244 g/mol. The van der Waals surface area contributed by atoms with Crippen LogP contribution in [-0.2, 0) is 13.0 Å². The van der Waals surface area contributed by atoms with Gasteiger partial charge >= 0.3 is 0 Å². The van der Waals surface area contributed by atoms with Gasteiger partial charge in [-0.25, -0.2) is 0 Å². The summed E-state index contributed by atoms with van der Waals surface area (Å²) >= 11 is 0. The number of hydrogen-bond donors (Lipinski definition) is 1. The third kappa shape index (κ3) is 3.54. The predicted molar refractivity (Wildman–Crippen MR) is 69.7 cm³/mol. The van der Waals surface area contributed by atoms with Crippen molar-refractivity contribution in [1.82, 2.24) is 10.2 Å². The molecule has 0 spiro atoms. The van der Waals surface area contributed by atoms with Crippen LogP contribution >= 0.6 is 0 Å². The minimum absolute atomic E-state index is 0.253. The van der Waals surface area contributed by atoms with E-state index in [-0.39, 0.29) is 6.61 Å². The van der Waals surface area contributed by atoms with Crippen molar-refractivity contribution in [3.8, 4) is 5.75 Å². The van der Waals surface area contributed by atoms with Crippen molar-refractivity contribution >= 4 is 0 Å². The smallest absolute Gasteiger partial charge is 0.253 e. The summed E-state index contributed by atoms with van der Waals surface area (Å²) in [4.78, 5) is 0. The van der Waals surface area contributed by atoms with E-state index in [1.165, 1.54) is 0 Å². The zero-order valence-electron chi connectivity index (χ0n) is 11.2. The van der Waals surface area contributed by atoms with Crippen LogP contribution in [0.5, 0.6) is 5.75 Å². The summed E-state index contributed by atoms with van der Waals surface area (Å²) in [5.41, 5.74) is 0.890. The van der Waals surface area contributed by atoms with Crippen LogP contribution in [0, 0.1) is 0 Å². The fourth-order valence-corrected chi connectivity index (χ4v) is 1.66. The van der Waals surface area contributed by atoms with Crippen molar-refractivity contribution in [2.24, 2.45) is 0 Å². The average molecular weight is 262 g/mol. The van der Waals surface area contributed by atoms with Crippen molar-refractivity contribution < 1.29 is 14.3 Å². The number of aliphatic hydroxyl groups excluding tert-OH is 1. The minimum Gasteiger partial charge on any atom is -0.484 e. The highest BCUT2D eigenvalue weighted by atomic mass is 16.5. The first-order valence-corrected chi connectivity index (χ1v) is 6.45. The highest BCUT2D eigenvalue weighted by Crippen LogP contribution is 2.20. The van der Waals surface area contributed by atoms with Crippen LogP contribution in [0.15, 0.2) is 28.7 Å². The van der Waals surface area contributed by atoms with Crippen molar-refractivity contribution in [2.75, 3.05) is 0 Å². The molecular formula is C14H18N2O3. The zero-order chi connectivity index (χ0) is 13.7. The number of ether oxygens (including phenoxy) is 1. The second-order valence-corrected chi connectivity index (χ2v) is 4.22. The van der Waals surface area contributed by atoms with Crippen LogP contribution in [-0.4, -0.2) is 15.3 Å². The summed E-state index contributed by atoms with van der Waals surface area (Å²) in [5, 5.41) is 17.4. The molecule has 0 aliphatic heterocycles. The van der Waals surface area contributed by atoms with Crippen LogP contribution in [0.1, 0.15) is 43.7 Å². The molecule has 19 heavy (non-hydrogen) atoms. The third-order valence-electron chi connectivity index (χ3n) is 2.83. The molecule has 0 fully saturated rings. The third-order valence-corrected chi connectivity index (χ3v) is 2.83. The van der Waals surface area contributed by atoms with E-state index in [1.54, 1.807) is 0 Å². The maximum Gasteiger partial charge on any atom is 0.253 e. The fourth-order valence-electron chi connectivity index (χ4n) is 1.66. The Kier molecular flexibility index (Phi) is 4.52. The van der Waals surface area contributed by atoms with Gasteiger partial charge in [-0.05, 0) is 24.1 Å². The van der Waals surface area contributed by atoms with E-state index in [9.17, 15) is 5.11 Å². The van der Waals surface area contributed by atoms with Gasteiger partial charge in [0.2, 0.25) is 5.89 Å². The Morgan fingerprint density at radius 1 is 1.16 bits per heavy atom. The minimum atomic E-state index is -0.419. The molecule has 2 rings (SSSR count). The van der Waals surface area contributed by atoms with E-state index in [0.29, 0.717) is 24.0 Å². The Morgan fingerprint density at radius 3 is 2.42 bits per heavy atom. The maximum absolute atomic E-state index is 9.68. The van der Waals surface area contributed by atoms with Crippen molar-refractivity contribution in [3.63, 3.8) is 0 Å². The van der Waals surface area contributed by atoms with E-state index in [0.717, 1.165) is 12.0 Å². The molecule has 102 valence electrons. The Bertz CT molecular complexity index is 508. The molecule has 1 N–H and O–H groups in total. The summed E-state index contributed by atoms with van der Waals surface area (Å²) in [6, 6.07) is 7.36. The topological polar surface area (TPSA) is 68.4 Å². The lowest BCUT2D eigenvalue weighted by Crippen LogP contribution is -1.97. The van der Waals surface area contributed by atoms with Crippen molar-refractivity contribution in [1.29, 1.82) is 0 Å². The quantitative estimate of drug-likeness (QED) is 0.866. The summed E-state index contributed by atoms with van der Waals surface area (Å²) in [5.74, 6) is 1.79. The summed E-state index contributed by atoms with van der Waals surface area (Å²) in [6.45, 7) is 4.15. The molecule has 0 radical (unpaired) electrons. The Hall–Kier alpha value is -1.88. The highest BCUT2D eigenvalue weighted by molar-refractivity contribution is 5.28. The lowest BCUT2D eigenvalue weighted by atomic mass is 10.1. The van der Waals surface area contributed by atoms with E-state index < -0.39 is 6.10 Å². The normalized spacial score (nSPS) is 12.4. The van der Waals surface area contributed by atoms with E-state index >= 15 is 0 Å². The number of benzene rings is 1. The summed E-state index contributed by atoms with van der Waals surface area (Å²) in [7, 11) is 0. The summed E-state index contributed by atoms with van der Waals surface area (Å²) in [6.07, 6.45) is 0.996. The molecule has 5 nitrogen and oxygen atoms in total. The molecule has 0 aliphatic carbocycles. The molecule has 5 heteroatoms. The molecule has 0 bridgehead atoms. The highest BCUT2D eigenvalue weighted by Gasteiger charge is 2.07.